The van der Waals surface area contributed by atoms with Gasteiger partial charge in [-0.2, -0.15) is 0 Å². The normalized spacial score (nSPS) is 10.6. The van der Waals surface area contributed by atoms with Gasteiger partial charge in [0.15, 0.2) is 0 Å². The molecule has 0 N–H and O–H groups in total. The molecule has 0 aliphatic rings. The summed E-state index contributed by atoms with van der Waals surface area (Å²) in [4.78, 5) is 12.7. The number of aryl methyl sites for hydroxylation is 1. The van der Waals surface area contributed by atoms with E-state index in [1.807, 2.05) is 0 Å². The van der Waals surface area contributed by atoms with Crippen LogP contribution in [0.1, 0.15) is 5.76 Å². The van der Waals surface area contributed by atoms with Crippen LogP contribution in [0.15, 0.2) is 51.7 Å². The van der Waals surface area contributed by atoms with Gasteiger partial charge in [0.1, 0.15) is 28.6 Å². The van der Waals surface area contributed by atoms with Crippen LogP contribution in [0.4, 0.5) is 0 Å². The van der Waals surface area contributed by atoms with E-state index in [4.69, 9.17) is 18.6 Å². The molecule has 0 spiro atoms. The lowest BCUT2D eigenvalue weighted by Gasteiger charge is -2.10. The van der Waals surface area contributed by atoms with E-state index in [2.05, 4.69) is 0 Å². The highest BCUT2D eigenvalue weighted by atomic mass is 16.5. The number of ether oxygens (including phenoxy) is 3. The molecule has 1 aromatic heterocycles. The molecule has 1 heterocycles. The largest absolute Gasteiger partial charge is 0.497 e. The predicted molar refractivity (Wildman–Crippen MR) is 86.8 cm³/mol. The molecule has 0 saturated heterocycles. The van der Waals surface area contributed by atoms with E-state index in [0.29, 0.717) is 34.0 Å². The molecule has 118 valence electrons. The maximum absolute atomic E-state index is 12.7. The van der Waals surface area contributed by atoms with E-state index >= 15 is 0 Å². The molecular weight excluding hydrogens is 296 g/mol. The molecule has 0 saturated carbocycles. The van der Waals surface area contributed by atoms with Crippen LogP contribution in [0.2, 0.25) is 0 Å². The first-order chi connectivity index (χ1) is 11.1. The van der Waals surface area contributed by atoms with Crippen LogP contribution < -0.4 is 19.6 Å². The van der Waals surface area contributed by atoms with Crippen molar-refractivity contribution in [3.05, 3.63) is 58.4 Å². The van der Waals surface area contributed by atoms with E-state index in [0.717, 1.165) is 0 Å². The second kappa shape index (κ2) is 6.04. The van der Waals surface area contributed by atoms with E-state index in [-0.39, 0.29) is 11.2 Å². The molecule has 0 amide bonds. The van der Waals surface area contributed by atoms with Crippen LogP contribution >= 0.6 is 0 Å². The van der Waals surface area contributed by atoms with Gasteiger partial charge in [-0.05, 0) is 31.2 Å². The standard InChI is InChI=1S/C18H16O5/c1-11-18(23-14-6-4-5-12(9-14)20-2)17(19)15-8-7-13(21-3)10-16(15)22-11/h4-10H,1-3H3. The summed E-state index contributed by atoms with van der Waals surface area (Å²) in [5.41, 5.74) is 0.235. The van der Waals surface area contributed by atoms with Crippen molar-refractivity contribution in [2.24, 2.45) is 0 Å². The average molecular weight is 312 g/mol. The van der Waals surface area contributed by atoms with Crippen molar-refractivity contribution in [2.75, 3.05) is 14.2 Å². The van der Waals surface area contributed by atoms with Gasteiger partial charge in [0.25, 0.3) is 0 Å². The first-order valence-electron chi connectivity index (χ1n) is 7.05. The summed E-state index contributed by atoms with van der Waals surface area (Å²) < 4.78 is 21.7. The Morgan fingerprint density at radius 3 is 2.35 bits per heavy atom. The first kappa shape index (κ1) is 15.0. The van der Waals surface area contributed by atoms with E-state index in [9.17, 15) is 4.79 Å². The molecule has 3 rings (SSSR count). The van der Waals surface area contributed by atoms with Gasteiger partial charge in [-0.15, -0.1) is 0 Å². The van der Waals surface area contributed by atoms with Crippen molar-refractivity contribution >= 4 is 11.0 Å². The molecule has 0 unspecified atom stereocenters. The van der Waals surface area contributed by atoms with Gasteiger partial charge in [0, 0.05) is 12.1 Å². The third-order valence-electron chi connectivity index (χ3n) is 3.48. The van der Waals surface area contributed by atoms with Crippen LogP contribution in [0.25, 0.3) is 11.0 Å². The highest BCUT2D eigenvalue weighted by Gasteiger charge is 2.14. The average Bonchev–Trinajstić information content (AvgIpc) is 2.58. The lowest BCUT2D eigenvalue weighted by molar-refractivity contribution is 0.403. The summed E-state index contributed by atoms with van der Waals surface area (Å²) in [6.07, 6.45) is 0. The van der Waals surface area contributed by atoms with Crippen molar-refractivity contribution < 1.29 is 18.6 Å². The highest BCUT2D eigenvalue weighted by molar-refractivity contribution is 5.79. The van der Waals surface area contributed by atoms with E-state index in [1.165, 1.54) is 0 Å². The van der Waals surface area contributed by atoms with Gasteiger partial charge in [-0.25, -0.2) is 0 Å². The van der Waals surface area contributed by atoms with Crippen LogP contribution in [-0.4, -0.2) is 14.2 Å². The van der Waals surface area contributed by atoms with Crippen LogP contribution in [0, 0.1) is 6.92 Å². The Morgan fingerprint density at radius 1 is 0.913 bits per heavy atom. The molecule has 2 aromatic carbocycles. The van der Waals surface area contributed by atoms with Gasteiger partial charge >= 0.3 is 0 Å². The van der Waals surface area contributed by atoms with Crippen molar-refractivity contribution in [2.45, 2.75) is 6.92 Å². The first-order valence-corrected chi connectivity index (χ1v) is 7.05. The molecule has 3 aromatic rings. The lowest BCUT2D eigenvalue weighted by Crippen LogP contribution is -2.07. The van der Waals surface area contributed by atoms with E-state index in [1.54, 1.807) is 63.6 Å². The van der Waals surface area contributed by atoms with Crippen LogP contribution in [-0.2, 0) is 0 Å². The predicted octanol–water partition coefficient (Wildman–Crippen LogP) is 3.91. The fourth-order valence-corrected chi connectivity index (χ4v) is 2.30. The summed E-state index contributed by atoms with van der Waals surface area (Å²) in [7, 11) is 3.13. The smallest absolute Gasteiger partial charge is 0.235 e. The zero-order valence-electron chi connectivity index (χ0n) is 13.1. The van der Waals surface area contributed by atoms with Crippen molar-refractivity contribution in [3.63, 3.8) is 0 Å². The molecule has 0 fully saturated rings. The Labute approximate surface area is 133 Å². The van der Waals surface area contributed by atoms with Crippen molar-refractivity contribution in [1.82, 2.24) is 0 Å². The summed E-state index contributed by atoms with van der Waals surface area (Å²) >= 11 is 0. The molecule has 0 radical (unpaired) electrons. The Balaban J connectivity index is 2.08. The quantitative estimate of drug-likeness (QED) is 0.731. The third kappa shape index (κ3) is 2.85. The van der Waals surface area contributed by atoms with E-state index < -0.39 is 0 Å². The number of hydrogen-bond acceptors (Lipinski definition) is 5. The van der Waals surface area contributed by atoms with Crippen molar-refractivity contribution in [3.8, 4) is 23.0 Å². The van der Waals surface area contributed by atoms with Crippen LogP contribution in [0.5, 0.6) is 23.0 Å². The Morgan fingerprint density at radius 2 is 1.61 bits per heavy atom. The second-order valence-electron chi connectivity index (χ2n) is 4.96. The second-order valence-corrected chi connectivity index (χ2v) is 4.96. The van der Waals surface area contributed by atoms with Gasteiger partial charge in [-0.3, -0.25) is 4.79 Å². The summed E-state index contributed by atoms with van der Waals surface area (Å²) in [5.74, 6) is 2.35. The maximum Gasteiger partial charge on any atom is 0.235 e. The summed E-state index contributed by atoms with van der Waals surface area (Å²) in [5, 5.41) is 0.439. The summed E-state index contributed by atoms with van der Waals surface area (Å²) in [6, 6.07) is 12.1. The number of benzene rings is 2. The topological polar surface area (TPSA) is 57.9 Å². The minimum Gasteiger partial charge on any atom is -0.497 e. The molecule has 5 heteroatoms. The van der Waals surface area contributed by atoms with Crippen molar-refractivity contribution in [1.29, 1.82) is 0 Å². The fourth-order valence-electron chi connectivity index (χ4n) is 2.30. The SMILES string of the molecule is COc1cccc(Oc2c(C)oc3cc(OC)ccc3c2=O)c1. The molecular formula is C18H16O5. The minimum atomic E-state index is -0.228. The van der Waals surface area contributed by atoms with Gasteiger partial charge in [-0.1, -0.05) is 6.07 Å². The molecule has 0 bridgehead atoms. The number of methoxy groups -OCH3 is 2. The maximum atomic E-state index is 12.7. The van der Waals surface area contributed by atoms with Gasteiger partial charge < -0.3 is 18.6 Å². The molecule has 0 aliphatic carbocycles. The Hall–Kier alpha value is -2.95. The lowest BCUT2D eigenvalue weighted by atomic mass is 10.2. The number of fused-ring (bicyclic) bond motifs is 1. The van der Waals surface area contributed by atoms with Gasteiger partial charge in [0.2, 0.25) is 11.2 Å². The number of rotatable bonds is 4. The zero-order valence-corrected chi connectivity index (χ0v) is 13.1. The molecule has 5 nitrogen and oxygen atoms in total. The third-order valence-corrected chi connectivity index (χ3v) is 3.48. The Kier molecular flexibility index (Phi) is 3.93. The zero-order chi connectivity index (χ0) is 16.4. The van der Waals surface area contributed by atoms with Gasteiger partial charge in [0.05, 0.1) is 19.6 Å². The molecule has 23 heavy (non-hydrogen) atoms. The monoisotopic (exact) mass is 312 g/mol. The fraction of sp³-hybridized carbons (Fsp3) is 0.167. The number of hydrogen-bond donors (Lipinski definition) is 0. The Bertz CT molecular complexity index is 911. The summed E-state index contributed by atoms with van der Waals surface area (Å²) in [6.45, 7) is 1.69. The molecule has 0 atom stereocenters. The highest BCUT2D eigenvalue weighted by Crippen LogP contribution is 2.28. The molecule has 0 aliphatic heterocycles. The minimum absolute atomic E-state index is 0.163. The van der Waals surface area contributed by atoms with Crippen LogP contribution in [0.3, 0.4) is 0 Å².